The number of aryl methyl sites for hydroxylation is 1. The number of hydrogen-bond donors (Lipinski definition) is 1. The summed E-state index contributed by atoms with van der Waals surface area (Å²) in [5.74, 6) is 0.0719. The van der Waals surface area contributed by atoms with Crippen molar-refractivity contribution in [3.63, 3.8) is 0 Å². The van der Waals surface area contributed by atoms with Gasteiger partial charge in [0.25, 0.3) is 5.91 Å². The van der Waals surface area contributed by atoms with E-state index in [1.165, 1.54) is 31.1 Å². The molecule has 1 aromatic rings. The monoisotopic (exact) mass is 295 g/mol. The van der Waals surface area contributed by atoms with E-state index >= 15 is 0 Å². The highest BCUT2D eigenvalue weighted by molar-refractivity contribution is 7.13. The number of hydrogen-bond acceptors (Lipinski definition) is 4. The van der Waals surface area contributed by atoms with Crippen LogP contribution in [0.25, 0.3) is 0 Å². The lowest BCUT2D eigenvalue weighted by Crippen LogP contribution is -2.44. The van der Waals surface area contributed by atoms with Gasteiger partial charge >= 0.3 is 0 Å². The van der Waals surface area contributed by atoms with E-state index in [-0.39, 0.29) is 5.91 Å². The van der Waals surface area contributed by atoms with Crippen molar-refractivity contribution >= 4 is 17.2 Å². The Morgan fingerprint density at radius 3 is 2.65 bits per heavy atom. The molecule has 1 aliphatic heterocycles. The smallest absolute Gasteiger partial charge is 0.261 e. The maximum atomic E-state index is 11.8. The number of unbranched alkanes of at least 4 members (excludes halogenated alkanes) is 1. The number of thiophene rings is 1. The SMILES string of the molecule is Cc1ccc(C(=O)NCCCCN2CCN(C)CC2)s1. The third-order valence-electron chi connectivity index (χ3n) is 3.75. The molecule has 2 heterocycles. The first-order chi connectivity index (χ1) is 9.65. The van der Waals surface area contributed by atoms with Crippen molar-refractivity contribution in [3.05, 3.63) is 21.9 Å². The third-order valence-corrected chi connectivity index (χ3v) is 4.75. The highest BCUT2D eigenvalue weighted by Gasteiger charge is 2.12. The molecule has 1 N–H and O–H groups in total. The summed E-state index contributed by atoms with van der Waals surface area (Å²) in [6.07, 6.45) is 2.22. The Morgan fingerprint density at radius 2 is 2.00 bits per heavy atom. The van der Waals surface area contributed by atoms with Crippen molar-refractivity contribution in [1.29, 1.82) is 0 Å². The van der Waals surface area contributed by atoms with Crippen molar-refractivity contribution in [1.82, 2.24) is 15.1 Å². The van der Waals surface area contributed by atoms with E-state index in [0.717, 1.165) is 30.8 Å². The molecule has 0 unspecified atom stereocenters. The minimum absolute atomic E-state index is 0.0719. The highest BCUT2D eigenvalue weighted by Crippen LogP contribution is 2.14. The van der Waals surface area contributed by atoms with E-state index in [4.69, 9.17) is 0 Å². The normalized spacial score (nSPS) is 17.3. The molecule has 1 saturated heterocycles. The first-order valence-corrected chi connectivity index (χ1v) is 8.22. The van der Waals surface area contributed by atoms with Crippen LogP contribution in [0.2, 0.25) is 0 Å². The van der Waals surface area contributed by atoms with Crippen LogP contribution in [-0.2, 0) is 0 Å². The fraction of sp³-hybridized carbons (Fsp3) is 0.667. The molecule has 0 saturated carbocycles. The molecule has 2 rings (SSSR count). The molecule has 5 heteroatoms. The molecule has 112 valence electrons. The lowest BCUT2D eigenvalue weighted by Gasteiger charge is -2.32. The largest absolute Gasteiger partial charge is 0.351 e. The molecule has 1 amide bonds. The van der Waals surface area contributed by atoms with Gasteiger partial charge in [-0.25, -0.2) is 0 Å². The molecule has 0 aromatic carbocycles. The Balaban J connectivity index is 1.54. The molecule has 0 radical (unpaired) electrons. The van der Waals surface area contributed by atoms with Crippen LogP contribution in [0, 0.1) is 6.92 Å². The van der Waals surface area contributed by atoms with Crippen molar-refractivity contribution < 1.29 is 4.79 Å². The van der Waals surface area contributed by atoms with E-state index in [0.29, 0.717) is 0 Å². The quantitative estimate of drug-likeness (QED) is 0.813. The molecule has 0 spiro atoms. The fourth-order valence-electron chi connectivity index (χ4n) is 2.38. The van der Waals surface area contributed by atoms with Crippen LogP contribution in [0.5, 0.6) is 0 Å². The van der Waals surface area contributed by atoms with Gasteiger partial charge in [0.15, 0.2) is 0 Å². The van der Waals surface area contributed by atoms with Crippen LogP contribution in [0.4, 0.5) is 0 Å². The standard InChI is InChI=1S/C15H25N3OS/c1-13-5-6-14(20-13)15(19)16-7-3-4-8-18-11-9-17(2)10-12-18/h5-6H,3-4,7-12H2,1-2H3,(H,16,19). The summed E-state index contributed by atoms with van der Waals surface area (Å²) in [5, 5.41) is 3.00. The second-order valence-corrected chi connectivity index (χ2v) is 6.81. The van der Waals surface area contributed by atoms with Crippen LogP contribution >= 0.6 is 11.3 Å². The number of likely N-dealkylation sites (N-methyl/N-ethyl adjacent to an activating group) is 1. The fourth-order valence-corrected chi connectivity index (χ4v) is 3.16. The van der Waals surface area contributed by atoms with Gasteiger partial charge in [0.1, 0.15) is 0 Å². The average molecular weight is 295 g/mol. The Bertz CT molecular complexity index is 425. The van der Waals surface area contributed by atoms with Gasteiger partial charge in [0, 0.05) is 37.6 Å². The second-order valence-electron chi connectivity index (χ2n) is 5.52. The molecule has 0 atom stereocenters. The average Bonchev–Trinajstić information content (AvgIpc) is 2.87. The Kier molecular flexibility index (Phi) is 6.01. The lowest BCUT2D eigenvalue weighted by molar-refractivity contribution is 0.0956. The molecular weight excluding hydrogens is 270 g/mol. The summed E-state index contributed by atoms with van der Waals surface area (Å²) in [6.45, 7) is 8.67. The lowest BCUT2D eigenvalue weighted by atomic mass is 10.2. The van der Waals surface area contributed by atoms with E-state index in [9.17, 15) is 4.79 Å². The van der Waals surface area contributed by atoms with E-state index < -0.39 is 0 Å². The van der Waals surface area contributed by atoms with Crippen LogP contribution < -0.4 is 5.32 Å². The van der Waals surface area contributed by atoms with Crippen molar-refractivity contribution in [2.45, 2.75) is 19.8 Å². The molecule has 0 bridgehead atoms. The van der Waals surface area contributed by atoms with Gasteiger partial charge in [-0.2, -0.15) is 0 Å². The Labute approximate surface area is 125 Å². The molecule has 1 aliphatic rings. The number of nitrogens with zero attached hydrogens (tertiary/aromatic N) is 2. The number of carbonyl (C=O) groups is 1. The van der Waals surface area contributed by atoms with Gasteiger partial charge in [-0.3, -0.25) is 4.79 Å². The van der Waals surface area contributed by atoms with Gasteiger partial charge in [-0.1, -0.05) is 0 Å². The Morgan fingerprint density at radius 1 is 1.25 bits per heavy atom. The molecule has 1 aromatic heterocycles. The summed E-state index contributed by atoms with van der Waals surface area (Å²) in [4.78, 5) is 18.7. The Hall–Kier alpha value is -0.910. The summed E-state index contributed by atoms with van der Waals surface area (Å²) in [5.41, 5.74) is 0. The first-order valence-electron chi connectivity index (χ1n) is 7.40. The minimum Gasteiger partial charge on any atom is -0.351 e. The van der Waals surface area contributed by atoms with Crippen LogP contribution in [0.3, 0.4) is 0 Å². The zero-order valence-corrected chi connectivity index (χ0v) is 13.3. The maximum absolute atomic E-state index is 11.8. The van der Waals surface area contributed by atoms with Crippen molar-refractivity contribution in [2.75, 3.05) is 46.3 Å². The topological polar surface area (TPSA) is 35.6 Å². The zero-order valence-electron chi connectivity index (χ0n) is 12.5. The highest BCUT2D eigenvalue weighted by atomic mass is 32.1. The number of piperazine rings is 1. The molecule has 1 fully saturated rings. The number of nitrogens with one attached hydrogen (secondary N) is 1. The van der Waals surface area contributed by atoms with Crippen molar-refractivity contribution in [3.8, 4) is 0 Å². The van der Waals surface area contributed by atoms with Crippen LogP contribution in [0.1, 0.15) is 27.4 Å². The van der Waals surface area contributed by atoms with Crippen LogP contribution in [0.15, 0.2) is 12.1 Å². The van der Waals surface area contributed by atoms with Gasteiger partial charge in [0.2, 0.25) is 0 Å². The third kappa shape index (κ3) is 4.89. The van der Waals surface area contributed by atoms with E-state index in [1.807, 2.05) is 19.1 Å². The van der Waals surface area contributed by atoms with Crippen LogP contribution in [-0.4, -0.2) is 62.0 Å². The summed E-state index contributed by atoms with van der Waals surface area (Å²) >= 11 is 1.56. The molecular formula is C15H25N3OS. The van der Waals surface area contributed by atoms with Gasteiger partial charge in [-0.15, -0.1) is 11.3 Å². The summed E-state index contributed by atoms with van der Waals surface area (Å²) < 4.78 is 0. The number of carbonyl (C=O) groups excluding carboxylic acids is 1. The second kappa shape index (κ2) is 7.76. The first kappa shape index (κ1) is 15.5. The summed E-state index contributed by atoms with van der Waals surface area (Å²) in [7, 11) is 2.18. The van der Waals surface area contributed by atoms with Gasteiger partial charge in [-0.05, 0) is 45.5 Å². The number of rotatable bonds is 6. The molecule has 4 nitrogen and oxygen atoms in total. The zero-order chi connectivity index (χ0) is 14.4. The van der Waals surface area contributed by atoms with Crippen molar-refractivity contribution in [2.24, 2.45) is 0 Å². The van der Waals surface area contributed by atoms with Gasteiger partial charge in [0.05, 0.1) is 4.88 Å². The van der Waals surface area contributed by atoms with E-state index in [2.05, 4.69) is 22.2 Å². The molecule has 0 aliphatic carbocycles. The predicted molar refractivity (Wildman–Crippen MR) is 84.6 cm³/mol. The number of amides is 1. The predicted octanol–water partition coefficient (Wildman–Crippen LogP) is 1.81. The molecule has 20 heavy (non-hydrogen) atoms. The minimum atomic E-state index is 0.0719. The van der Waals surface area contributed by atoms with E-state index in [1.54, 1.807) is 11.3 Å². The maximum Gasteiger partial charge on any atom is 0.261 e. The summed E-state index contributed by atoms with van der Waals surface area (Å²) in [6, 6.07) is 3.90. The van der Waals surface area contributed by atoms with Gasteiger partial charge < -0.3 is 15.1 Å².